The average molecular weight is 302 g/mol. The van der Waals surface area contributed by atoms with Crippen LogP contribution >= 0.6 is 0 Å². The number of carbonyl (C=O) groups excluding carboxylic acids is 1. The summed E-state index contributed by atoms with van der Waals surface area (Å²) in [5.74, 6) is -0.367. The summed E-state index contributed by atoms with van der Waals surface area (Å²) in [4.78, 5) is 11.9. The molecule has 0 radical (unpaired) electrons. The molecule has 0 aliphatic heterocycles. The van der Waals surface area contributed by atoms with E-state index in [1.807, 2.05) is 25.1 Å². The molecule has 0 saturated carbocycles. The molecule has 0 bridgehead atoms. The first kappa shape index (κ1) is 16.0. The molecule has 0 fully saturated rings. The lowest BCUT2D eigenvalue weighted by atomic mass is 10.0. The Morgan fingerprint density at radius 1 is 1.18 bits per heavy atom. The molecular formula is C17H19FN2O2. The zero-order valence-corrected chi connectivity index (χ0v) is 12.5. The molecule has 0 heterocycles. The minimum absolute atomic E-state index is 0.367. The first-order valence-corrected chi connectivity index (χ1v) is 7.03. The Bertz CT molecular complexity index is 643. The second kappa shape index (κ2) is 7.04. The largest absolute Gasteiger partial charge is 0.386 e. The summed E-state index contributed by atoms with van der Waals surface area (Å²) in [6.45, 7) is 3.62. The van der Waals surface area contributed by atoms with Crippen molar-refractivity contribution in [3.63, 3.8) is 0 Å². The van der Waals surface area contributed by atoms with Crippen LogP contribution in [0.25, 0.3) is 0 Å². The molecule has 0 spiro atoms. The highest BCUT2D eigenvalue weighted by Crippen LogP contribution is 2.17. The molecule has 0 aliphatic rings. The van der Waals surface area contributed by atoms with Crippen LogP contribution in [0.1, 0.15) is 24.2 Å². The minimum atomic E-state index is -0.913. The maximum Gasteiger partial charge on any atom is 0.319 e. The maximum atomic E-state index is 12.9. The summed E-state index contributed by atoms with van der Waals surface area (Å²) >= 11 is 0. The molecule has 0 saturated heterocycles. The summed E-state index contributed by atoms with van der Waals surface area (Å²) < 4.78 is 12.9. The lowest BCUT2D eigenvalue weighted by Crippen LogP contribution is -2.39. The SMILES string of the molecule is Cc1cccc(NC(=O)NC(C)C(O)c2ccc(F)cc2)c1. The van der Waals surface area contributed by atoms with E-state index in [0.29, 0.717) is 11.3 Å². The highest BCUT2D eigenvalue weighted by Gasteiger charge is 2.18. The number of nitrogens with one attached hydrogen (secondary N) is 2. The van der Waals surface area contributed by atoms with Gasteiger partial charge in [-0.1, -0.05) is 24.3 Å². The fourth-order valence-electron chi connectivity index (χ4n) is 2.12. The molecule has 2 rings (SSSR count). The second-order valence-electron chi connectivity index (χ2n) is 5.25. The number of amides is 2. The van der Waals surface area contributed by atoms with Crippen LogP contribution in [-0.2, 0) is 0 Å². The van der Waals surface area contributed by atoms with E-state index in [9.17, 15) is 14.3 Å². The molecule has 5 heteroatoms. The Kier molecular flexibility index (Phi) is 5.12. The van der Waals surface area contributed by atoms with Gasteiger partial charge in [-0.05, 0) is 49.2 Å². The van der Waals surface area contributed by atoms with E-state index in [1.54, 1.807) is 13.0 Å². The van der Waals surface area contributed by atoms with Crippen molar-refractivity contribution >= 4 is 11.7 Å². The topological polar surface area (TPSA) is 61.4 Å². The zero-order valence-electron chi connectivity index (χ0n) is 12.5. The number of carbonyl (C=O) groups is 1. The molecule has 3 N–H and O–H groups in total. The highest BCUT2D eigenvalue weighted by atomic mass is 19.1. The summed E-state index contributed by atoms with van der Waals surface area (Å²) in [6, 6.07) is 12.0. The zero-order chi connectivity index (χ0) is 16.1. The van der Waals surface area contributed by atoms with E-state index in [1.165, 1.54) is 24.3 Å². The molecule has 2 amide bonds. The molecule has 2 atom stereocenters. The lowest BCUT2D eigenvalue weighted by molar-refractivity contribution is 0.139. The van der Waals surface area contributed by atoms with Crippen LogP contribution in [0.5, 0.6) is 0 Å². The number of anilines is 1. The summed E-state index contributed by atoms with van der Waals surface area (Å²) in [7, 11) is 0. The molecule has 0 aliphatic carbocycles. The standard InChI is InChI=1S/C17H19FN2O2/c1-11-4-3-5-15(10-11)20-17(22)19-12(2)16(21)13-6-8-14(18)9-7-13/h3-10,12,16,21H,1-2H3,(H2,19,20,22). The number of hydrogen-bond donors (Lipinski definition) is 3. The summed E-state index contributed by atoms with van der Waals surface area (Å²) in [6.07, 6.45) is -0.913. The average Bonchev–Trinajstić information content (AvgIpc) is 2.47. The van der Waals surface area contributed by atoms with Gasteiger partial charge >= 0.3 is 6.03 Å². The van der Waals surface area contributed by atoms with Crippen molar-refractivity contribution in [2.45, 2.75) is 26.0 Å². The predicted molar refractivity (Wildman–Crippen MR) is 84.2 cm³/mol. The van der Waals surface area contributed by atoms with E-state index < -0.39 is 18.2 Å². The van der Waals surface area contributed by atoms with Gasteiger partial charge in [0.05, 0.1) is 12.1 Å². The Labute approximate surface area is 129 Å². The van der Waals surface area contributed by atoms with Crippen molar-refractivity contribution in [1.82, 2.24) is 5.32 Å². The van der Waals surface area contributed by atoms with Gasteiger partial charge < -0.3 is 15.7 Å². The molecule has 22 heavy (non-hydrogen) atoms. The maximum absolute atomic E-state index is 12.9. The third kappa shape index (κ3) is 4.30. The normalized spacial score (nSPS) is 13.3. The summed E-state index contributed by atoms with van der Waals surface area (Å²) in [5.41, 5.74) is 2.27. The van der Waals surface area contributed by atoms with Gasteiger partial charge in [0.1, 0.15) is 5.82 Å². The van der Waals surface area contributed by atoms with Crippen molar-refractivity contribution < 1.29 is 14.3 Å². The Morgan fingerprint density at radius 2 is 1.86 bits per heavy atom. The van der Waals surface area contributed by atoms with Crippen LogP contribution in [-0.4, -0.2) is 17.2 Å². The molecule has 0 aromatic heterocycles. The fraction of sp³-hybridized carbons (Fsp3) is 0.235. The van der Waals surface area contributed by atoms with Crippen molar-refractivity contribution in [3.05, 3.63) is 65.5 Å². The van der Waals surface area contributed by atoms with Crippen LogP contribution in [0.15, 0.2) is 48.5 Å². The van der Waals surface area contributed by atoms with Crippen LogP contribution in [0.3, 0.4) is 0 Å². The van der Waals surface area contributed by atoms with Crippen molar-refractivity contribution in [3.8, 4) is 0 Å². The van der Waals surface area contributed by atoms with E-state index in [-0.39, 0.29) is 5.82 Å². The Hall–Kier alpha value is -2.40. The number of hydrogen-bond acceptors (Lipinski definition) is 2. The quantitative estimate of drug-likeness (QED) is 0.811. The van der Waals surface area contributed by atoms with Gasteiger partial charge in [0.2, 0.25) is 0 Å². The van der Waals surface area contributed by atoms with Crippen LogP contribution < -0.4 is 10.6 Å². The van der Waals surface area contributed by atoms with Gasteiger partial charge in [-0.2, -0.15) is 0 Å². The number of halogens is 1. The van der Waals surface area contributed by atoms with Gasteiger partial charge in [0.25, 0.3) is 0 Å². The smallest absolute Gasteiger partial charge is 0.319 e. The van der Waals surface area contributed by atoms with E-state index in [4.69, 9.17) is 0 Å². The number of urea groups is 1. The van der Waals surface area contributed by atoms with Gasteiger partial charge in [0, 0.05) is 5.69 Å². The highest BCUT2D eigenvalue weighted by molar-refractivity contribution is 5.89. The number of aliphatic hydroxyl groups excluding tert-OH is 1. The third-order valence-corrected chi connectivity index (χ3v) is 3.32. The van der Waals surface area contributed by atoms with E-state index in [2.05, 4.69) is 10.6 Å². The van der Waals surface area contributed by atoms with Crippen molar-refractivity contribution in [1.29, 1.82) is 0 Å². The molecule has 2 aromatic carbocycles. The Morgan fingerprint density at radius 3 is 2.50 bits per heavy atom. The summed E-state index contributed by atoms with van der Waals surface area (Å²) in [5, 5.41) is 15.5. The fourth-order valence-corrected chi connectivity index (χ4v) is 2.12. The first-order chi connectivity index (χ1) is 10.5. The molecule has 2 unspecified atom stereocenters. The molecule has 4 nitrogen and oxygen atoms in total. The lowest BCUT2D eigenvalue weighted by Gasteiger charge is -2.21. The number of aliphatic hydroxyl groups is 1. The molecule has 116 valence electrons. The minimum Gasteiger partial charge on any atom is -0.386 e. The number of aryl methyl sites for hydroxylation is 1. The molecular weight excluding hydrogens is 283 g/mol. The van der Waals surface area contributed by atoms with Gasteiger partial charge in [0.15, 0.2) is 0 Å². The van der Waals surface area contributed by atoms with Gasteiger partial charge in [-0.15, -0.1) is 0 Å². The van der Waals surface area contributed by atoms with E-state index >= 15 is 0 Å². The first-order valence-electron chi connectivity index (χ1n) is 7.03. The van der Waals surface area contributed by atoms with Crippen LogP contribution in [0.2, 0.25) is 0 Å². The van der Waals surface area contributed by atoms with Crippen molar-refractivity contribution in [2.24, 2.45) is 0 Å². The van der Waals surface area contributed by atoms with Crippen LogP contribution in [0.4, 0.5) is 14.9 Å². The van der Waals surface area contributed by atoms with Gasteiger partial charge in [-0.25, -0.2) is 9.18 Å². The Balaban J connectivity index is 1.94. The monoisotopic (exact) mass is 302 g/mol. The predicted octanol–water partition coefficient (Wildman–Crippen LogP) is 3.38. The number of benzene rings is 2. The van der Waals surface area contributed by atoms with Gasteiger partial charge in [-0.3, -0.25) is 0 Å². The second-order valence-corrected chi connectivity index (χ2v) is 5.25. The van der Waals surface area contributed by atoms with Crippen molar-refractivity contribution in [2.75, 3.05) is 5.32 Å². The number of rotatable bonds is 4. The van der Waals surface area contributed by atoms with E-state index in [0.717, 1.165) is 5.56 Å². The van der Waals surface area contributed by atoms with Crippen LogP contribution in [0, 0.1) is 12.7 Å². The third-order valence-electron chi connectivity index (χ3n) is 3.32. The molecule has 2 aromatic rings.